The number of hydrogen-bond donors (Lipinski definition) is 1. The Hall–Kier alpha value is -3.18. The van der Waals surface area contributed by atoms with Gasteiger partial charge in [0.1, 0.15) is 12.6 Å². The number of benzene rings is 2. The van der Waals surface area contributed by atoms with Gasteiger partial charge in [0.25, 0.3) is 5.69 Å². The summed E-state index contributed by atoms with van der Waals surface area (Å²) in [4.78, 5) is 38.6. The van der Waals surface area contributed by atoms with Crippen LogP contribution in [0.25, 0.3) is 0 Å². The van der Waals surface area contributed by atoms with Gasteiger partial charge in [0.15, 0.2) is 0 Å². The Balaban J connectivity index is 2.49. The molecule has 0 radical (unpaired) electrons. The summed E-state index contributed by atoms with van der Waals surface area (Å²) < 4.78 is 26.0. The predicted octanol–water partition coefficient (Wildman–Crippen LogP) is 3.74. The van der Waals surface area contributed by atoms with Crippen molar-refractivity contribution in [3.05, 3.63) is 69.2 Å². The molecule has 0 saturated carbocycles. The fourth-order valence-electron chi connectivity index (χ4n) is 3.55. The Morgan fingerprint density at radius 1 is 1.11 bits per heavy atom. The van der Waals surface area contributed by atoms with Gasteiger partial charge in [0, 0.05) is 29.7 Å². The summed E-state index contributed by atoms with van der Waals surface area (Å²) >= 11 is 6.32. The molecule has 2 atom stereocenters. The van der Waals surface area contributed by atoms with Crippen LogP contribution < -0.4 is 9.62 Å². The number of nitro groups is 1. The fraction of sp³-hybridized carbons (Fsp3) is 0.417. The Bertz CT molecular complexity index is 1210. The second-order valence-electron chi connectivity index (χ2n) is 8.40. The predicted molar refractivity (Wildman–Crippen MR) is 139 cm³/mol. The topological polar surface area (TPSA) is 130 Å². The molecule has 2 aromatic carbocycles. The van der Waals surface area contributed by atoms with Crippen LogP contribution in [0.5, 0.6) is 0 Å². The van der Waals surface area contributed by atoms with Gasteiger partial charge in [-0.05, 0) is 37.5 Å². The van der Waals surface area contributed by atoms with E-state index in [4.69, 9.17) is 11.6 Å². The van der Waals surface area contributed by atoms with Gasteiger partial charge in [0.2, 0.25) is 21.8 Å². The molecule has 0 aliphatic carbocycles. The fourth-order valence-corrected chi connectivity index (χ4v) is 4.58. The number of hydrogen-bond acceptors (Lipinski definition) is 6. The van der Waals surface area contributed by atoms with Crippen LogP contribution in [0.1, 0.15) is 39.2 Å². The number of amides is 2. The van der Waals surface area contributed by atoms with Gasteiger partial charge < -0.3 is 10.2 Å². The quantitative estimate of drug-likeness (QED) is 0.323. The molecule has 0 heterocycles. The molecule has 36 heavy (non-hydrogen) atoms. The third-order valence-electron chi connectivity index (χ3n) is 5.69. The van der Waals surface area contributed by atoms with E-state index in [1.54, 1.807) is 31.2 Å². The number of nitrogens with zero attached hydrogens (tertiary/aromatic N) is 3. The van der Waals surface area contributed by atoms with E-state index in [-0.39, 0.29) is 36.3 Å². The third kappa shape index (κ3) is 7.66. The number of anilines is 1. The Kier molecular flexibility index (Phi) is 10.2. The molecule has 0 saturated heterocycles. The van der Waals surface area contributed by atoms with Gasteiger partial charge in [-0.1, -0.05) is 49.7 Å². The normalized spacial score (nSPS) is 12.9. The molecule has 12 heteroatoms. The molecule has 2 aromatic rings. The molecule has 196 valence electrons. The minimum atomic E-state index is -4.01. The summed E-state index contributed by atoms with van der Waals surface area (Å²) in [6, 6.07) is 10.9. The van der Waals surface area contributed by atoms with E-state index < -0.39 is 33.4 Å². The first-order valence-electron chi connectivity index (χ1n) is 11.4. The zero-order valence-corrected chi connectivity index (χ0v) is 22.3. The van der Waals surface area contributed by atoms with Gasteiger partial charge >= 0.3 is 0 Å². The smallest absolute Gasteiger partial charge is 0.271 e. The number of nitrogens with one attached hydrogen (secondary N) is 1. The van der Waals surface area contributed by atoms with Gasteiger partial charge in [-0.15, -0.1) is 0 Å². The van der Waals surface area contributed by atoms with Crippen molar-refractivity contribution in [2.24, 2.45) is 0 Å². The SMILES string of the molecule is CC[C@@H](C)NC(=O)[C@H](CC)N(Cc1ccccc1Cl)C(=O)CN(c1cccc([N+](=O)[O-])c1)S(C)(=O)=O. The van der Waals surface area contributed by atoms with Crippen molar-refractivity contribution >= 4 is 44.8 Å². The highest BCUT2D eigenvalue weighted by Gasteiger charge is 2.32. The molecule has 1 N–H and O–H groups in total. The average molecular weight is 539 g/mol. The van der Waals surface area contributed by atoms with Crippen molar-refractivity contribution in [2.45, 2.75) is 52.2 Å². The molecule has 2 amide bonds. The van der Waals surface area contributed by atoms with Gasteiger partial charge in [0.05, 0.1) is 16.9 Å². The van der Waals surface area contributed by atoms with Crippen LogP contribution in [0.2, 0.25) is 5.02 Å². The maximum Gasteiger partial charge on any atom is 0.271 e. The monoisotopic (exact) mass is 538 g/mol. The first-order valence-corrected chi connectivity index (χ1v) is 13.7. The van der Waals surface area contributed by atoms with Crippen LogP contribution in [0.15, 0.2) is 48.5 Å². The van der Waals surface area contributed by atoms with E-state index in [0.29, 0.717) is 17.0 Å². The van der Waals surface area contributed by atoms with E-state index in [1.807, 2.05) is 13.8 Å². The molecule has 0 unspecified atom stereocenters. The van der Waals surface area contributed by atoms with Gasteiger partial charge in [-0.2, -0.15) is 0 Å². The molecule has 0 bridgehead atoms. The Labute approximate surface area is 216 Å². The molecule has 0 aliphatic rings. The second kappa shape index (κ2) is 12.7. The number of sulfonamides is 1. The molecule has 0 aromatic heterocycles. The number of non-ortho nitro benzene ring substituents is 1. The second-order valence-corrected chi connectivity index (χ2v) is 10.7. The van der Waals surface area contributed by atoms with E-state index in [9.17, 15) is 28.1 Å². The summed E-state index contributed by atoms with van der Waals surface area (Å²) in [7, 11) is -4.01. The van der Waals surface area contributed by atoms with Crippen molar-refractivity contribution in [2.75, 3.05) is 17.1 Å². The number of carbonyl (C=O) groups excluding carboxylic acids is 2. The zero-order valence-electron chi connectivity index (χ0n) is 20.7. The highest BCUT2D eigenvalue weighted by atomic mass is 35.5. The lowest BCUT2D eigenvalue weighted by atomic mass is 10.1. The van der Waals surface area contributed by atoms with Crippen LogP contribution in [-0.2, 0) is 26.2 Å². The van der Waals surface area contributed by atoms with Gasteiger partial charge in [-0.25, -0.2) is 8.42 Å². The molecule has 0 spiro atoms. The van der Waals surface area contributed by atoms with Crippen molar-refractivity contribution in [1.29, 1.82) is 0 Å². The van der Waals surface area contributed by atoms with E-state index in [1.165, 1.54) is 23.1 Å². The molecule has 0 aliphatic heterocycles. The van der Waals surface area contributed by atoms with Crippen molar-refractivity contribution in [3.8, 4) is 0 Å². The van der Waals surface area contributed by atoms with Crippen LogP contribution in [0.4, 0.5) is 11.4 Å². The van der Waals surface area contributed by atoms with Crippen molar-refractivity contribution in [3.63, 3.8) is 0 Å². The van der Waals surface area contributed by atoms with Crippen LogP contribution in [0, 0.1) is 10.1 Å². The molecule has 2 rings (SSSR count). The lowest BCUT2D eigenvalue weighted by Crippen LogP contribution is -2.53. The minimum Gasteiger partial charge on any atom is -0.352 e. The summed E-state index contributed by atoms with van der Waals surface area (Å²) in [6.45, 7) is 4.83. The number of carbonyl (C=O) groups is 2. The zero-order chi connectivity index (χ0) is 27.0. The van der Waals surface area contributed by atoms with E-state index >= 15 is 0 Å². The van der Waals surface area contributed by atoms with Crippen molar-refractivity contribution < 1.29 is 22.9 Å². The number of rotatable bonds is 12. The third-order valence-corrected chi connectivity index (χ3v) is 7.20. The van der Waals surface area contributed by atoms with E-state index in [2.05, 4.69) is 5.32 Å². The number of nitro benzene ring substituents is 1. The maximum absolute atomic E-state index is 13.6. The average Bonchev–Trinajstić information content (AvgIpc) is 2.82. The van der Waals surface area contributed by atoms with Crippen molar-refractivity contribution in [1.82, 2.24) is 10.2 Å². The first kappa shape index (κ1) is 29.1. The molecule has 10 nitrogen and oxygen atoms in total. The summed E-state index contributed by atoms with van der Waals surface area (Å²) in [5, 5.41) is 14.5. The van der Waals surface area contributed by atoms with Crippen LogP contribution in [0.3, 0.4) is 0 Å². The largest absolute Gasteiger partial charge is 0.352 e. The highest BCUT2D eigenvalue weighted by Crippen LogP contribution is 2.25. The lowest BCUT2D eigenvalue weighted by Gasteiger charge is -2.33. The lowest BCUT2D eigenvalue weighted by molar-refractivity contribution is -0.384. The number of halogens is 1. The standard InChI is InChI=1S/C24H31ClN4O6S/c1-5-17(3)26-24(31)22(6-2)27(15-18-10-7-8-13-21(18)25)23(30)16-28(36(4,34)35)19-11-9-12-20(14-19)29(32)33/h7-14,17,22H,5-6,15-16H2,1-4H3,(H,26,31)/t17-,22+/m1/s1. The Morgan fingerprint density at radius 3 is 2.33 bits per heavy atom. The van der Waals surface area contributed by atoms with Crippen LogP contribution >= 0.6 is 11.6 Å². The Morgan fingerprint density at radius 2 is 1.78 bits per heavy atom. The summed E-state index contributed by atoms with van der Waals surface area (Å²) in [5.74, 6) is -1.02. The maximum atomic E-state index is 13.6. The van der Waals surface area contributed by atoms with Gasteiger partial charge in [-0.3, -0.25) is 24.0 Å². The first-order chi connectivity index (χ1) is 16.9. The summed E-state index contributed by atoms with van der Waals surface area (Å²) in [6.07, 6.45) is 1.87. The highest BCUT2D eigenvalue weighted by molar-refractivity contribution is 7.92. The van der Waals surface area contributed by atoms with E-state index in [0.717, 1.165) is 16.6 Å². The summed E-state index contributed by atoms with van der Waals surface area (Å²) in [5.41, 5.74) is 0.235. The molecular formula is C24H31ClN4O6S. The molecular weight excluding hydrogens is 508 g/mol. The minimum absolute atomic E-state index is 0.0303. The molecule has 0 fully saturated rings. The van der Waals surface area contributed by atoms with Crippen LogP contribution in [-0.4, -0.2) is 54.9 Å².